The van der Waals surface area contributed by atoms with E-state index in [0.717, 1.165) is 28.4 Å². The van der Waals surface area contributed by atoms with Crippen molar-refractivity contribution in [2.24, 2.45) is 0 Å². The zero-order valence-electron chi connectivity index (χ0n) is 15.4. The zero-order valence-corrected chi connectivity index (χ0v) is 16.2. The largest absolute Gasteiger partial charge is 0.472 e. The molecule has 0 aliphatic carbocycles. The molecule has 3 aromatic rings. The van der Waals surface area contributed by atoms with E-state index in [2.05, 4.69) is 15.5 Å². The van der Waals surface area contributed by atoms with E-state index in [1.165, 1.54) is 23.9 Å². The van der Waals surface area contributed by atoms with E-state index in [4.69, 9.17) is 4.42 Å². The number of hydrogen-bond donors (Lipinski definition) is 1. The van der Waals surface area contributed by atoms with Crippen LogP contribution in [0.15, 0.2) is 47.3 Å². The monoisotopic (exact) mass is 396 g/mol. The van der Waals surface area contributed by atoms with E-state index < -0.39 is 6.04 Å². The summed E-state index contributed by atoms with van der Waals surface area (Å²) in [6, 6.07) is 8.65. The van der Waals surface area contributed by atoms with Gasteiger partial charge in [0.25, 0.3) is 5.91 Å². The molecule has 2 amide bonds. The van der Waals surface area contributed by atoms with Crippen LogP contribution < -0.4 is 5.32 Å². The minimum atomic E-state index is -0.497. The van der Waals surface area contributed by atoms with Gasteiger partial charge >= 0.3 is 0 Å². The minimum absolute atomic E-state index is 0.174. The van der Waals surface area contributed by atoms with E-state index in [9.17, 15) is 9.59 Å². The molecule has 2 aromatic heterocycles. The molecule has 0 bridgehead atoms. The maximum Gasteiger partial charge on any atom is 0.257 e. The summed E-state index contributed by atoms with van der Waals surface area (Å²) in [6.07, 6.45) is 5.33. The first kappa shape index (κ1) is 18.4. The van der Waals surface area contributed by atoms with Gasteiger partial charge in [0, 0.05) is 17.8 Å². The molecule has 1 unspecified atom stereocenters. The Bertz CT molecular complexity index is 983. The van der Waals surface area contributed by atoms with Crippen LogP contribution in [-0.4, -0.2) is 39.5 Å². The van der Waals surface area contributed by atoms with Crippen molar-refractivity contribution in [2.45, 2.75) is 32.2 Å². The lowest BCUT2D eigenvalue weighted by Crippen LogP contribution is -2.49. The van der Waals surface area contributed by atoms with Crippen LogP contribution in [0.3, 0.4) is 0 Å². The first-order valence-electron chi connectivity index (χ1n) is 9.16. The number of nitrogens with one attached hydrogen (secondary N) is 1. The van der Waals surface area contributed by atoms with Crippen LogP contribution in [-0.2, 0) is 4.79 Å². The van der Waals surface area contributed by atoms with Crippen molar-refractivity contribution in [3.8, 4) is 10.6 Å². The van der Waals surface area contributed by atoms with E-state index in [-0.39, 0.29) is 11.8 Å². The van der Waals surface area contributed by atoms with Gasteiger partial charge in [-0.05, 0) is 44.4 Å². The van der Waals surface area contributed by atoms with Crippen LogP contribution in [0, 0.1) is 6.92 Å². The normalized spacial score (nSPS) is 16.8. The summed E-state index contributed by atoms with van der Waals surface area (Å²) >= 11 is 1.50. The summed E-state index contributed by atoms with van der Waals surface area (Å²) in [5.41, 5.74) is 2.04. The van der Waals surface area contributed by atoms with Crippen LogP contribution in [0.5, 0.6) is 0 Å². The van der Waals surface area contributed by atoms with Crippen LogP contribution in [0.1, 0.15) is 34.6 Å². The molecule has 1 aromatic carbocycles. The number of carbonyl (C=O) groups is 2. The Balaban J connectivity index is 1.51. The Morgan fingerprint density at radius 3 is 2.89 bits per heavy atom. The topological polar surface area (TPSA) is 88.3 Å². The lowest BCUT2D eigenvalue weighted by Gasteiger charge is -2.34. The van der Waals surface area contributed by atoms with Crippen molar-refractivity contribution in [3.63, 3.8) is 0 Å². The molecule has 3 heterocycles. The van der Waals surface area contributed by atoms with Gasteiger partial charge in [0.05, 0.1) is 11.8 Å². The molecule has 0 saturated carbocycles. The summed E-state index contributed by atoms with van der Waals surface area (Å²) in [6.45, 7) is 2.47. The van der Waals surface area contributed by atoms with Crippen LogP contribution >= 0.6 is 11.3 Å². The maximum absolute atomic E-state index is 13.0. The average molecular weight is 396 g/mol. The molecule has 1 aliphatic rings. The molecule has 7 nitrogen and oxygen atoms in total. The number of hydrogen-bond acceptors (Lipinski definition) is 6. The summed E-state index contributed by atoms with van der Waals surface area (Å²) in [5, 5.41) is 12.9. The maximum atomic E-state index is 13.0. The molecule has 0 radical (unpaired) electrons. The standard InChI is InChI=1S/C20H20N4O3S/c1-13-22-23-19(28-13)14-5-4-6-16(11-14)21-18(25)17-7-2-3-9-24(17)20(26)15-8-10-27-12-15/h4-6,8,10-12,17H,2-3,7,9H2,1H3,(H,21,25). The fourth-order valence-corrected chi connectivity index (χ4v) is 4.06. The van der Waals surface area contributed by atoms with Gasteiger partial charge in [-0.2, -0.15) is 0 Å². The fraction of sp³-hybridized carbons (Fsp3) is 0.300. The van der Waals surface area contributed by atoms with E-state index in [1.807, 2.05) is 31.2 Å². The smallest absolute Gasteiger partial charge is 0.257 e. The molecule has 1 saturated heterocycles. The Labute approximate surface area is 166 Å². The lowest BCUT2D eigenvalue weighted by atomic mass is 10.00. The third-order valence-corrected chi connectivity index (χ3v) is 5.63. The number of aromatic nitrogens is 2. The van der Waals surface area contributed by atoms with Crippen LogP contribution in [0.2, 0.25) is 0 Å². The van der Waals surface area contributed by atoms with Gasteiger partial charge in [-0.15, -0.1) is 10.2 Å². The van der Waals surface area contributed by atoms with Gasteiger partial charge in [-0.1, -0.05) is 23.5 Å². The molecule has 8 heteroatoms. The second-order valence-electron chi connectivity index (χ2n) is 6.72. The summed E-state index contributed by atoms with van der Waals surface area (Å²) in [5.74, 6) is -0.353. The van der Waals surface area contributed by atoms with Gasteiger partial charge in [0.1, 0.15) is 22.3 Å². The summed E-state index contributed by atoms with van der Waals surface area (Å²) in [7, 11) is 0. The number of furan rings is 1. The number of rotatable bonds is 4. The van der Waals surface area contributed by atoms with Crippen molar-refractivity contribution in [1.29, 1.82) is 0 Å². The van der Waals surface area contributed by atoms with Crippen molar-refractivity contribution in [3.05, 3.63) is 53.4 Å². The highest BCUT2D eigenvalue weighted by molar-refractivity contribution is 7.14. The number of anilines is 1. The van der Waals surface area contributed by atoms with Gasteiger partial charge in [0.2, 0.25) is 5.91 Å². The SMILES string of the molecule is Cc1nnc(-c2cccc(NC(=O)C3CCCCN3C(=O)c3ccoc3)c2)s1. The van der Waals surface area contributed by atoms with Crippen molar-refractivity contribution in [2.75, 3.05) is 11.9 Å². The van der Waals surface area contributed by atoms with Crippen LogP contribution in [0.4, 0.5) is 5.69 Å². The highest BCUT2D eigenvalue weighted by Crippen LogP contribution is 2.26. The predicted octanol–water partition coefficient (Wildman–Crippen LogP) is 3.74. The highest BCUT2D eigenvalue weighted by Gasteiger charge is 2.33. The zero-order chi connectivity index (χ0) is 19.5. The second-order valence-corrected chi connectivity index (χ2v) is 7.90. The van der Waals surface area contributed by atoms with E-state index in [1.54, 1.807) is 11.0 Å². The van der Waals surface area contributed by atoms with Gasteiger partial charge < -0.3 is 14.6 Å². The number of nitrogens with zero attached hydrogens (tertiary/aromatic N) is 3. The second kappa shape index (κ2) is 7.93. The number of piperidine rings is 1. The molecule has 1 N–H and O–H groups in total. The predicted molar refractivity (Wildman–Crippen MR) is 106 cm³/mol. The molecule has 1 fully saturated rings. The Morgan fingerprint density at radius 1 is 1.25 bits per heavy atom. The first-order valence-corrected chi connectivity index (χ1v) is 9.98. The van der Waals surface area contributed by atoms with Gasteiger partial charge in [-0.3, -0.25) is 9.59 Å². The molecule has 1 aliphatic heterocycles. The molecular formula is C20H20N4O3S. The molecule has 0 spiro atoms. The molecule has 144 valence electrons. The molecule has 1 atom stereocenters. The van der Waals surface area contributed by atoms with Crippen LogP contribution in [0.25, 0.3) is 10.6 Å². The minimum Gasteiger partial charge on any atom is -0.472 e. The molecule has 4 rings (SSSR count). The number of amides is 2. The summed E-state index contributed by atoms with van der Waals surface area (Å²) < 4.78 is 5.02. The van der Waals surface area contributed by atoms with Gasteiger partial charge in [0.15, 0.2) is 0 Å². The van der Waals surface area contributed by atoms with Crippen molar-refractivity contribution >= 4 is 28.8 Å². The quantitative estimate of drug-likeness (QED) is 0.726. The number of aryl methyl sites for hydroxylation is 1. The lowest BCUT2D eigenvalue weighted by molar-refractivity contribution is -0.121. The van der Waals surface area contributed by atoms with Crippen molar-refractivity contribution in [1.82, 2.24) is 15.1 Å². The fourth-order valence-electron chi connectivity index (χ4n) is 3.37. The van der Waals surface area contributed by atoms with Gasteiger partial charge in [-0.25, -0.2) is 0 Å². The van der Waals surface area contributed by atoms with Crippen molar-refractivity contribution < 1.29 is 14.0 Å². The van der Waals surface area contributed by atoms with E-state index >= 15 is 0 Å². The third kappa shape index (κ3) is 3.82. The molecular weight excluding hydrogens is 376 g/mol. The number of likely N-dealkylation sites (tertiary alicyclic amines) is 1. The third-order valence-electron chi connectivity index (χ3n) is 4.74. The Hall–Kier alpha value is -3.00. The van der Waals surface area contributed by atoms with E-state index in [0.29, 0.717) is 24.2 Å². The first-order chi connectivity index (χ1) is 13.6. The average Bonchev–Trinajstić information content (AvgIpc) is 3.39. The Morgan fingerprint density at radius 2 is 2.14 bits per heavy atom. The molecule has 28 heavy (non-hydrogen) atoms. The number of benzene rings is 1. The highest BCUT2D eigenvalue weighted by atomic mass is 32.1. The Kier molecular flexibility index (Phi) is 5.21. The summed E-state index contributed by atoms with van der Waals surface area (Å²) in [4.78, 5) is 27.3. The number of carbonyl (C=O) groups excluding carboxylic acids is 2.